The molecule has 0 bridgehead atoms. The molecule has 4 rings (SSSR count). The van der Waals surface area contributed by atoms with Crippen LogP contribution in [0.25, 0.3) is 5.69 Å². The lowest BCUT2D eigenvalue weighted by Gasteiger charge is -2.42. The van der Waals surface area contributed by atoms with Gasteiger partial charge in [-0.25, -0.2) is 0 Å². The van der Waals surface area contributed by atoms with E-state index >= 15 is 0 Å². The Balaban J connectivity index is 1.59. The Labute approximate surface area is 162 Å². The number of para-hydroxylation sites is 2. The third kappa shape index (κ3) is 3.40. The fourth-order valence-electron chi connectivity index (χ4n) is 4.89. The summed E-state index contributed by atoms with van der Waals surface area (Å²) in [5.74, 6) is 0.896. The topological polar surface area (TPSA) is 40.9 Å². The Morgan fingerprint density at radius 3 is 2.70 bits per heavy atom. The van der Waals surface area contributed by atoms with Gasteiger partial charge in [-0.05, 0) is 51.0 Å². The number of ether oxygens (including phenoxy) is 1. The summed E-state index contributed by atoms with van der Waals surface area (Å²) in [7, 11) is 1.73. The number of aliphatic hydroxyl groups excluding tert-OH is 1. The maximum atomic E-state index is 10.0. The molecule has 1 aromatic heterocycles. The van der Waals surface area contributed by atoms with Crippen molar-refractivity contribution in [2.24, 2.45) is 0 Å². The number of aliphatic hydroxyl groups is 1. The zero-order valence-corrected chi connectivity index (χ0v) is 16.9. The predicted molar refractivity (Wildman–Crippen MR) is 108 cm³/mol. The largest absolute Gasteiger partial charge is 0.495 e. The van der Waals surface area contributed by atoms with Crippen LogP contribution in [-0.2, 0) is 6.54 Å². The maximum Gasteiger partial charge on any atom is 0.142 e. The summed E-state index contributed by atoms with van der Waals surface area (Å²) >= 11 is 0. The molecule has 1 unspecified atom stereocenters. The fraction of sp³-hybridized carbons (Fsp3) is 0.545. The number of methoxy groups -OCH3 is 1. The number of piperazine rings is 1. The summed E-state index contributed by atoms with van der Waals surface area (Å²) < 4.78 is 7.88. The van der Waals surface area contributed by atoms with E-state index in [0.717, 1.165) is 44.0 Å². The smallest absolute Gasteiger partial charge is 0.142 e. The van der Waals surface area contributed by atoms with Crippen LogP contribution in [0, 0.1) is 13.8 Å². The van der Waals surface area contributed by atoms with Gasteiger partial charge in [0.05, 0.1) is 18.9 Å². The van der Waals surface area contributed by atoms with Crippen LogP contribution >= 0.6 is 0 Å². The Kier molecular flexibility index (Phi) is 5.01. The van der Waals surface area contributed by atoms with E-state index in [1.54, 1.807) is 7.11 Å². The SMILES string of the molecule is COc1ccccc1-n1c(C)cc(CN2CC3C[C@@H](O)CN3C[C@@H]2C)c1C. The highest BCUT2D eigenvalue weighted by molar-refractivity contribution is 5.50. The number of aryl methyl sites for hydroxylation is 1. The van der Waals surface area contributed by atoms with E-state index in [4.69, 9.17) is 4.74 Å². The summed E-state index contributed by atoms with van der Waals surface area (Å²) in [6.45, 7) is 10.6. The second-order valence-corrected chi connectivity index (χ2v) is 8.18. The summed E-state index contributed by atoms with van der Waals surface area (Å²) in [6.07, 6.45) is 0.751. The second-order valence-electron chi connectivity index (χ2n) is 8.18. The normalized spacial score (nSPS) is 26.3. The molecular weight excluding hydrogens is 338 g/mol. The van der Waals surface area contributed by atoms with Crippen LogP contribution < -0.4 is 4.74 Å². The van der Waals surface area contributed by atoms with E-state index in [0.29, 0.717) is 12.1 Å². The van der Waals surface area contributed by atoms with Gasteiger partial charge < -0.3 is 14.4 Å². The van der Waals surface area contributed by atoms with Gasteiger partial charge in [-0.2, -0.15) is 0 Å². The van der Waals surface area contributed by atoms with Crippen LogP contribution in [0.15, 0.2) is 30.3 Å². The third-order valence-electron chi connectivity index (χ3n) is 6.31. The van der Waals surface area contributed by atoms with Crippen molar-refractivity contribution in [1.82, 2.24) is 14.4 Å². The van der Waals surface area contributed by atoms with E-state index in [2.05, 4.69) is 53.3 Å². The van der Waals surface area contributed by atoms with Gasteiger partial charge in [0.1, 0.15) is 5.75 Å². The first-order valence-corrected chi connectivity index (χ1v) is 9.95. The fourth-order valence-corrected chi connectivity index (χ4v) is 4.89. The molecule has 1 aromatic carbocycles. The Morgan fingerprint density at radius 1 is 1.15 bits per heavy atom. The van der Waals surface area contributed by atoms with E-state index in [1.165, 1.54) is 17.0 Å². The van der Waals surface area contributed by atoms with E-state index < -0.39 is 0 Å². The van der Waals surface area contributed by atoms with Crippen LogP contribution in [0.2, 0.25) is 0 Å². The van der Waals surface area contributed by atoms with Gasteiger partial charge in [0.2, 0.25) is 0 Å². The number of aromatic nitrogens is 1. The molecule has 3 heterocycles. The minimum absolute atomic E-state index is 0.155. The first-order valence-electron chi connectivity index (χ1n) is 9.95. The maximum absolute atomic E-state index is 10.0. The van der Waals surface area contributed by atoms with Gasteiger partial charge in [-0.3, -0.25) is 9.80 Å². The Hall–Kier alpha value is -1.82. The van der Waals surface area contributed by atoms with Crippen molar-refractivity contribution in [1.29, 1.82) is 0 Å². The number of fused-ring (bicyclic) bond motifs is 1. The number of nitrogens with zero attached hydrogens (tertiary/aromatic N) is 3. The molecule has 2 aliphatic heterocycles. The van der Waals surface area contributed by atoms with Crippen molar-refractivity contribution in [3.63, 3.8) is 0 Å². The minimum atomic E-state index is -0.155. The lowest BCUT2D eigenvalue weighted by molar-refractivity contribution is 0.0527. The zero-order valence-electron chi connectivity index (χ0n) is 16.9. The second kappa shape index (κ2) is 7.30. The van der Waals surface area contributed by atoms with Crippen molar-refractivity contribution in [2.75, 3.05) is 26.7 Å². The van der Waals surface area contributed by atoms with Gasteiger partial charge in [0.15, 0.2) is 0 Å². The third-order valence-corrected chi connectivity index (χ3v) is 6.31. The molecule has 0 spiro atoms. The van der Waals surface area contributed by atoms with Gasteiger partial charge in [0.25, 0.3) is 0 Å². The van der Waals surface area contributed by atoms with Crippen LogP contribution in [0.3, 0.4) is 0 Å². The first-order chi connectivity index (χ1) is 13.0. The average molecular weight is 370 g/mol. The monoisotopic (exact) mass is 369 g/mol. The van der Waals surface area contributed by atoms with Crippen LogP contribution in [0.4, 0.5) is 0 Å². The first kappa shape index (κ1) is 18.5. The summed E-state index contributed by atoms with van der Waals surface area (Å²) in [5, 5.41) is 10.0. The standard InChI is InChI=1S/C22H31N3O2/c1-15-9-18(17(3)25(15)21-7-5-6-8-22(21)27-4)12-23-13-19-10-20(26)14-24(19)11-16(23)2/h5-9,16,19-20,26H,10-14H2,1-4H3/t16-,19?,20+/m0/s1. The molecule has 0 amide bonds. The van der Waals surface area contributed by atoms with Crippen LogP contribution in [-0.4, -0.2) is 64.4 Å². The highest BCUT2D eigenvalue weighted by Gasteiger charge is 2.38. The molecule has 5 heteroatoms. The highest BCUT2D eigenvalue weighted by Crippen LogP contribution is 2.30. The summed E-state index contributed by atoms with van der Waals surface area (Å²) in [5.41, 5.74) is 4.97. The molecule has 3 atom stereocenters. The van der Waals surface area contributed by atoms with E-state index in [9.17, 15) is 5.11 Å². The number of rotatable bonds is 4. The molecule has 1 N–H and O–H groups in total. The Bertz CT molecular complexity index is 816. The molecule has 2 aromatic rings. The molecule has 0 radical (unpaired) electrons. The van der Waals surface area contributed by atoms with Crippen molar-refractivity contribution in [3.8, 4) is 11.4 Å². The predicted octanol–water partition coefficient (Wildman–Crippen LogP) is 2.74. The highest BCUT2D eigenvalue weighted by atomic mass is 16.5. The molecule has 5 nitrogen and oxygen atoms in total. The molecule has 0 saturated carbocycles. The lowest BCUT2D eigenvalue weighted by atomic mass is 10.1. The van der Waals surface area contributed by atoms with Gasteiger partial charge in [-0.15, -0.1) is 0 Å². The minimum Gasteiger partial charge on any atom is -0.495 e. The van der Waals surface area contributed by atoms with Crippen molar-refractivity contribution in [2.45, 2.75) is 51.9 Å². The number of hydrogen-bond acceptors (Lipinski definition) is 4. The van der Waals surface area contributed by atoms with Gasteiger partial charge in [0, 0.05) is 49.7 Å². The van der Waals surface area contributed by atoms with Crippen molar-refractivity contribution in [3.05, 3.63) is 47.3 Å². The van der Waals surface area contributed by atoms with Gasteiger partial charge >= 0.3 is 0 Å². The van der Waals surface area contributed by atoms with Crippen LogP contribution in [0.1, 0.15) is 30.3 Å². The quantitative estimate of drug-likeness (QED) is 0.900. The Morgan fingerprint density at radius 2 is 1.93 bits per heavy atom. The zero-order chi connectivity index (χ0) is 19.1. The summed E-state index contributed by atoms with van der Waals surface area (Å²) in [4.78, 5) is 5.04. The van der Waals surface area contributed by atoms with Crippen molar-refractivity contribution >= 4 is 0 Å². The van der Waals surface area contributed by atoms with E-state index in [1.807, 2.05) is 12.1 Å². The molecular formula is C22H31N3O2. The summed E-state index contributed by atoms with van der Waals surface area (Å²) in [6, 6.07) is 11.5. The number of hydrogen-bond donors (Lipinski definition) is 1. The van der Waals surface area contributed by atoms with Crippen molar-refractivity contribution < 1.29 is 9.84 Å². The van der Waals surface area contributed by atoms with Crippen LogP contribution in [0.5, 0.6) is 5.75 Å². The molecule has 2 aliphatic rings. The molecule has 146 valence electrons. The number of benzene rings is 1. The molecule has 27 heavy (non-hydrogen) atoms. The van der Waals surface area contributed by atoms with E-state index in [-0.39, 0.29) is 6.10 Å². The van der Waals surface area contributed by atoms with Gasteiger partial charge in [-0.1, -0.05) is 12.1 Å². The average Bonchev–Trinajstić information content (AvgIpc) is 3.13. The lowest BCUT2D eigenvalue weighted by Crippen LogP contribution is -2.54. The molecule has 2 fully saturated rings. The molecule has 0 aliphatic carbocycles. The molecule has 2 saturated heterocycles.